The Morgan fingerprint density at radius 3 is 2.57 bits per heavy atom. The standard InChI is InChI=1S/C15H22N4O2/c1-10-13-16-12(15(21)17(2)3)9-18(13)7-8-19(10)14(20)11-5-4-6-11/h9-11H,4-8H2,1-3H3/t10-/m0/s1. The summed E-state index contributed by atoms with van der Waals surface area (Å²) in [6.07, 6.45) is 5.00. The van der Waals surface area contributed by atoms with E-state index in [1.807, 2.05) is 16.4 Å². The highest BCUT2D eigenvalue weighted by molar-refractivity contribution is 5.91. The molecule has 1 fully saturated rings. The molecule has 6 heteroatoms. The molecule has 2 aliphatic rings. The van der Waals surface area contributed by atoms with Crippen LogP contribution in [-0.2, 0) is 11.3 Å². The monoisotopic (exact) mass is 290 g/mol. The second-order valence-electron chi connectivity index (χ2n) is 6.21. The second-order valence-corrected chi connectivity index (χ2v) is 6.21. The Morgan fingerprint density at radius 1 is 1.29 bits per heavy atom. The first-order chi connectivity index (χ1) is 9.99. The third-order valence-corrected chi connectivity index (χ3v) is 4.59. The molecule has 0 spiro atoms. The molecule has 1 atom stereocenters. The zero-order valence-electron chi connectivity index (χ0n) is 12.9. The molecule has 0 saturated heterocycles. The molecule has 21 heavy (non-hydrogen) atoms. The minimum atomic E-state index is -0.0963. The van der Waals surface area contributed by atoms with Gasteiger partial charge in [0.05, 0.1) is 6.04 Å². The third kappa shape index (κ3) is 2.32. The van der Waals surface area contributed by atoms with Crippen molar-refractivity contribution in [2.45, 2.75) is 38.8 Å². The summed E-state index contributed by atoms with van der Waals surface area (Å²) >= 11 is 0. The fourth-order valence-electron chi connectivity index (χ4n) is 3.01. The van der Waals surface area contributed by atoms with Gasteiger partial charge in [-0.3, -0.25) is 9.59 Å². The number of hydrogen-bond donors (Lipinski definition) is 0. The number of aromatic nitrogens is 2. The summed E-state index contributed by atoms with van der Waals surface area (Å²) in [6, 6.07) is -0.0597. The number of nitrogens with zero attached hydrogens (tertiary/aromatic N) is 4. The Labute approximate surface area is 124 Å². The topological polar surface area (TPSA) is 58.4 Å². The van der Waals surface area contributed by atoms with E-state index in [2.05, 4.69) is 4.98 Å². The van der Waals surface area contributed by atoms with Gasteiger partial charge in [0.25, 0.3) is 5.91 Å². The van der Waals surface area contributed by atoms with Crippen molar-refractivity contribution in [3.05, 3.63) is 17.7 Å². The van der Waals surface area contributed by atoms with Gasteiger partial charge in [-0.15, -0.1) is 0 Å². The van der Waals surface area contributed by atoms with E-state index in [0.29, 0.717) is 18.8 Å². The van der Waals surface area contributed by atoms with Crippen LogP contribution in [0, 0.1) is 5.92 Å². The Kier molecular flexibility index (Phi) is 3.47. The maximum Gasteiger partial charge on any atom is 0.273 e. The minimum absolute atomic E-state index is 0.0597. The Bertz CT molecular complexity index is 574. The summed E-state index contributed by atoms with van der Waals surface area (Å²) in [5, 5.41) is 0. The molecule has 0 radical (unpaired) electrons. The van der Waals surface area contributed by atoms with Gasteiger partial charge in [0, 0.05) is 39.3 Å². The molecule has 6 nitrogen and oxygen atoms in total. The molecule has 1 aromatic rings. The average molecular weight is 290 g/mol. The first-order valence-corrected chi connectivity index (χ1v) is 7.58. The van der Waals surface area contributed by atoms with Crippen LogP contribution in [0.1, 0.15) is 48.5 Å². The molecule has 0 aromatic carbocycles. The highest BCUT2D eigenvalue weighted by Crippen LogP contribution is 2.33. The molecule has 1 aromatic heterocycles. The van der Waals surface area contributed by atoms with Gasteiger partial charge < -0.3 is 14.4 Å². The van der Waals surface area contributed by atoms with E-state index in [9.17, 15) is 9.59 Å². The first kappa shape index (κ1) is 14.1. The molecule has 0 N–H and O–H groups in total. The van der Waals surface area contributed by atoms with E-state index in [4.69, 9.17) is 0 Å². The fourth-order valence-corrected chi connectivity index (χ4v) is 3.01. The van der Waals surface area contributed by atoms with Crippen molar-refractivity contribution < 1.29 is 9.59 Å². The van der Waals surface area contributed by atoms with Crippen molar-refractivity contribution in [2.75, 3.05) is 20.6 Å². The van der Waals surface area contributed by atoms with Gasteiger partial charge in [0.1, 0.15) is 11.5 Å². The fraction of sp³-hybridized carbons (Fsp3) is 0.667. The van der Waals surface area contributed by atoms with E-state index in [1.165, 1.54) is 4.90 Å². The van der Waals surface area contributed by atoms with Crippen molar-refractivity contribution in [3.63, 3.8) is 0 Å². The normalized spacial score (nSPS) is 21.7. The quantitative estimate of drug-likeness (QED) is 0.824. The molecule has 0 bridgehead atoms. The Morgan fingerprint density at radius 2 is 2.00 bits per heavy atom. The van der Waals surface area contributed by atoms with Crippen molar-refractivity contribution in [1.29, 1.82) is 0 Å². The van der Waals surface area contributed by atoms with E-state index < -0.39 is 0 Å². The van der Waals surface area contributed by atoms with Gasteiger partial charge in [0.15, 0.2) is 0 Å². The Balaban J connectivity index is 1.82. The number of rotatable bonds is 2. The molecular weight excluding hydrogens is 268 g/mol. The van der Waals surface area contributed by atoms with Crippen molar-refractivity contribution in [2.24, 2.45) is 5.92 Å². The van der Waals surface area contributed by atoms with E-state index in [0.717, 1.165) is 25.1 Å². The molecule has 3 rings (SSSR count). The zero-order valence-corrected chi connectivity index (χ0v) is 12.9. The molecule has 2 amide bonds. The van der Waals surface area contributed by atoms with Crippen LogP contribution < -0.4 is 0 Å². The maximum absolute atomic E-state index is 12.5. The lowest BCUT2D eigenvalue weighted by molar-refractivity contribution is -0.141. The van der Waals surface area contributed by atoms with Crippen LogP contribution in [0.25, 0.3) is 0 Å². The van der Waals surface area contributed by atoms with Gasteiger partial charge >= 0.3 is 0 Å². The van der Waals surface area contributed by atoms with Gasteiger partial charge in [-0.2, -0.15) is 0 Å². The van der Waals surface area contributed by atoms with E-state index >= 15 is 0 Å². The summed E-state index contributed by atoms with van der Waals surface area (Å²) in [4.78, 5) is 32.4. The van der Waals surface area contributed by atoms with Crippen LogP contribution in [0.5, 0.6) is 0 Å². The number of hydrogen-bond acceptors (Lipinski definition) is 3. The van der Waals surface area contributed by atoms with Crippen molar-refractivity contribution in [1.82, 2.24) is 19.4 Å². The third-order valence-electron chi connectivity index (χ3n) is 4.59. The lowest BCUT2D eigenvalue weighted by Gasteiger charge is -2.38. The van der Waals surface area contributed by atoms with Crippen LogP contribution in [0.3, 0.4) is 0 Å². The molecule has 1 saturated carbocycles. The lowest BCUT2D eigenvalue weighted by Crippen LogP contribution is -2.45. The SMILES string of the molecule is C[C@H]1c2nc(C(=O)N(C)C)cn2CCN1C(=O)C1CCC1. The highest BCUT2D eigenvalue weighted by Gasteiger charge is 2.36. The number of amides is 2. The number of carbonyl (C=O) groups excluding carboxylic acids is 2. The Hall–Kier alpha value is -1.85. The summed E-state index contributed by atoms with van der Waals surface area (Å²) in [5.41, 5.74) is 0.458. The summed E-state index contributed by atoms with van der Waals surface area (Å²) in [5.74, 6) is 1.18. The maximum atomic E-state index is 12.5. The lowest BCUT2D eigenvalue weighted by atomic mass is 9.84. The molecule has 114 valence electrons. The van der Waals surface area contributed by atoms with Crippen molar-refractivity contribution >= 4 is 11.8 Å². The van der Waals surface area contributed by atoms with Crippen LogP contribution >= 0.6 is 0 Å². The zero-order chi connectivity index (χ0) is 15.1. The van der Waals surface area contributed by atoms with E-state index in [1.54, 1.807) is 20.3 Å². The van der Waals surface area contributed by atoms with Gasteiger partial charge in [-0.1, -0.05) is 6.42 Å². The largest absolute Gasteiger partial charge is 0.343 e. The van der Waals surface area contributed by atoms with Gasteiger partial charge in [-0.25, -0.2) is 4.98 Å². The van der Waals surface area contributed by atoms with Crippen LogP contribution in [-0.4, -0.2) is 51.8 Å². The molecule has 1 aliphatic carbocycles. The van der Waals surface area contributed by atoms with E-state index in [-0.39, 0.29) is 23.8 Å². The average Bonchev–Trinajstić information content (AvgIpc) is 2.80. The van der Waals surface area contributed by atoms with Crippen LogP contribution in [0.4, 0.5) is 0 Å². The highest BCUT2D eigenvalue weighted by atomic mass is 16.2. The minimum Gasteiger partial charge on any atom is -0.343 e. The summed E-state index contributed by atoms with van der Waals surface area (Å²) < 4.78 is 2.01. The predicted octanol–water partition coefficient (Wildman–Crippen LogP) is 1.29. The van der Waals surface area contributed by atoms with Crippen molar-refractivity contribution in [3.8, 4) is 0 Å². The molecule has 2 heterocycles. The predicted molar refractivity (Wildman–Crippen MR) is 77.7 cm³/mol. The first-order valence-electron chi connectivity index (χ1n) is 7.58. The summed E-state index contributed by atoms with van der Waals surface area (Å²) in [6.45, 7) is 3.42. The number of fused-ring (bicyclic) bond motifs is 1. The smallest absolute Gasteiger partial charge is 0.273 e. The van der Waals surface area contributed by atoms with Crippen LogP contribution in [0.2, 0.25) is 0 Å². The summed E-state index contributed by atoms with van der Waals surface area (Å²) in [7, 11) is 3.44. The van der Waals surface area contributed by atoms with Gasteiger partial charge in [-0.05, 0) is 19.8 Å². The van der Waals surface area contributed by atoms with Crippen LogP contribution in [0.15, 0.2) is 6.20 Å². The molecule has 0 unspecified atom stereocenters. The second kappa shape index (κ2) is 5.16. The molecule has 1 aliphatic heterocycles. The number of carbonyl (C=O) groups is 2. The van der Waals surface area contributed by atoms with Gasteiger partial charge in [0.2, 0.25) is 5.91 Å². The molecular formula is C15H22N4O2. The number of imidazole rings is 1.